The van der Waals surface area contributed by atoms with Crippen molar-refractivity contribution in [3.8, 4) is 6.07 Å². The zero-order valence-corrected chi connectivity index (χ0v) is 20.9. The highest BCUT2D eigenvalue weighted by atomic mass is 35.5. The molecule has 2 aromatic carbocycles. The average molecular weight is 492 g/mol. The van der Waals surface area contributed by atoms with Crippen molar-refractivity contribution >= 4 is 40.7 Å². The highest BCUT2D eigenvalue weighted by molar-refractivity contribution is 8.03. The largest absolute Gasteiger partial charge is 0.352 e. The average Bonchev–Trinajstić information content (AvgIpc) is 2.76. The summed E-state index contributed by atoms with van der Waals surface area (Å²) in [6.45, 7) is 6.11. The van der Waals surface area contributed by atoms with Crippen molar-refractivity contribution in [3.63, 3.8) is 0 Å². The molecular formula is C27H26ClN3O2S. The van der Waals surface area contributed by atoms with Crippen LogP contribution in [0.3, 0.4) is 0 Å². The summed E-state index contributed by atoms with van der Waals surface area (Å²) in [6, 6.07) is 17.2. The predicted octanol–water partition coefficient (Wildman–Crippen LogP) is 6.09. The number of nitrogens with one attached hydrogen (secondary N) is 2. The number of halogens is 1. The molecule has 4 rings (SSSR count). The number of benzene rings is 2. The number of carbonyl (C=O) groups is 2. The van der Waals surface area contributed by atoms with Crippen LogP contribution in [0.5, 0.6) is 0 Å². The summed E-state index contributed by atoms with van der Waals surface area (Å²) in [5.41, 5.74) is 4.38. The van der Waals surface area contributed by atoms with Gasteiger partial charge in [0.15, 0.2) is 5.78 Å². The maximum absolute atomic E-state index is 13.2. The molecule has 0 fully saturated rings. The van der Waals surface area contributed by atoms with Gasteiger partial charge in [-0.25, -0.2) is 0 Å². The van der Waals surface area contributed by atoms with Crippen LogP contribution < -0.4 is 10.6 Å². The van der Waals surface area contributed by atoms with Crippen molar-refractivity contribution in [2.45, 2.75) is 39.5 Å². The van der Waals surface area contributed by atoms with Crippen LogP contribution in [0, 0.1) is 23.7 Å². The van der Waals surface area contributed by atoms with Crippen LogP contribution >= 0.6 is 23.4 Å². The van der Waals surface area contributed by atoms with Gasteiger partial charge in [-0.1, -0.05) is 61.5 Å². The van der Waals surface area contributed by atoms with Crippen LogP contribution in [0.1, 0.15) is 43.7 Å². The van der Waals surface area contributed by atoms with E-state index < -0.39 is 5.92 Å². The van der Waals surface area contributed by atoms with Crippen LogP contribution in [0.4, 0.5) is 5.69 Å². The molecule has 0 bridgehead atoms. The molecule has 1 amide bonds. The maximum atomic E-state index is 13.2. The van der Waals surface area contributed by atoms with E-state index in [1.54, 1.807) is 12.1 Å². The SMILES string of the molecule is Cc1cccc(NC(=O)CSC2=C(C#N)C(c3ccc(Cl)cc3)C3=C(CC(C)(C)CC3=O)N2)c1. The summed E-state index contributed by atoms with van der Waals surface area (Å²) in [4.78, 5) is 25.9. The lowest BCUT2D eigenvalue weighted by Gasteiger charge is -2.39. The molecule has 7 heteroatoms. The number of anilines is 1. The number of nitriles is 1. The van der Waals surface area contributed by atoms with Crippen molar-refractivity contribution in [1.29, 1.82) is 5.26 Å². The number of ketones is 1. The van der Waals surface area contributed by atoms with Gasteiger partial charge in [0.25, 0.3) is 0 Å². The Morgan fingerprint density at radius 1 is 1.24 bits per heavy atom. The molecule has 2 aromatic rings. The molecule has 1 aliphatic heterocycles. The minimum Gasteiger partial charge on any atom is -0.352 e. The van der Waals surface area contributed by atoms with Gasteiger partial charge in [0.2, 0.25) is 5.91 Å². The van der Waals surface area contributed by atoms with Crippen LogP contribution in [-0.4, -0.2) is 17.4 Å². The summed E-state index contributed by atoms with van der Waals surface area (Å²) in [5, 5.41) is 17.6. The van der Waals surface area contributed by atoms with Crippen molar-refractivity contribution in [2.75, 3.05) is 11.1 Å². The predicted molar refractivity (Wildman–Crippen MR) is 137 cm³/mol. The van der Waals surface area contributed by atoms with Crippen LogP contribution in [0.15, 0.2) is 70.4 Å². The molecule has 1 heterocycles. The third kappa shape index (κ3) is 5.22. The van der Waals surface area contributed by atoms with E-state index in [2.05, 4.69) is 30.6 Å². The zero-order chi connectivity index (χ0) is 24.5. The number of aryl methyl sites for hydroxylation is 1. The summed E-state index contributed by atoms with van der Waals surface area (Å²) < 4.78 is 0. The molecule has 1 aliphatic carbocycles. The number of hydrogen-bond acceptors (Lipinski definition) is 5. The van der Waals surface area contributed by atoms with Crippen LogP contribution in [0.25, 0.3) is 0 Å². The van der Waals surface area contributed by atoms with Crippen molar-refractivity contribution in [1.82, 2.24) is 5.32 Å². The lowest BCUT2D eigenvalue weighted by Crippen LogP contribution is -2.37. The fraction of sp³-hybridized carbons (Fsp3) is 0.296. The van der Waals surface area contributed by atoms with Gasteiger partial charge in [0.1, 0.15) is 0 Å². The normalized spacial score (nSPS) is 19.3. The number of nitrogens with zero attached hydrogens (tertiary/aromatic N) is 1. The number of amides is 1. The molecule has 2 N–H and O–H groups in total. The Labute approximate surface area is 209 Å². The number of Topliss-reactive ketones (excluding diaryl/α,β-unsaturated/α-hetero) is 1. The number of thioether (sulfide) groups is 1. The first-order valence-corrected chi connectivity index (χ1v) is 12.5. The van der Waals surface area contributed by atoms with Crippen molar-refractivity contribution < 1.29 is 9.59 Å². The zero-order valence-electron chi connectivity index (χ0n) is 19.4. The monoisotopic (exact) mass is 491 g/mol. The number of dihydropyridines is 1. The Hall–Kier alpha value is -3.01. The summed E-state index contributed by atoms with van der Waals surface area (Å²) in [7, 11) is 0. The van der Waals surface area contributed by atoms with E-state index in [0.717, 1.165) is 22.5 Å². The number of hydrogen-bond donors (Lipinski definition) is 2. The van der Waals surface area contributed by atoms with Gasteiger partial charge in [0, 0.05) is 28.4 Å². The Balaban J connectivity index is 1.65. The van der Waals surface area contributed by atoms with Gasteiger partial charge in [-0.3, -0.25) is 9.59 Å². The Kier molecular flexibility index (Phi) is 6.88. The van der Waals surface area contributed by atoms with Gasteiger partial charge in [-0.05, 0) is 54.2 Å². The molecule has 174 valence electrons. The molecule has 0 saturated carbocycles. The maximum Gasteiger partial charge on any atom is 0.234 e. The van der Waals surface area contributed by atoms with Gasteiger partial charge < -0.3 is 10.6 Å². The third-order valence-electron chi connectivity index (χ3n) is 5.98. The minimum absolute atomic E-state index is 0.0488. The van der Waals surface area contributed by atoms with Crippen molar-refractivity contribution in [3.05, 3.63) is 86.6 Å². The first-order chi connectivity index (χ1) is 16.2. The molecule has 5 nitrogen and oxygen atoms in total. The second-order valence-electron chi connectivity index (χ2n) is 9.50. The quantitative estimate of drug-likeness (QED) is 0.529. The molecule has 34 heavy (non-hydrogen) atoms. The Bertz CT molecular complexity index is 1260. The van der Waals surface area contributed by atoms with Crippen LogP contribution in [0.2, 0.25) is 5.02 Å². The van der Waals surface area contributed by atoms with Gasteiger partial charge in [-0.15, -0.1) is 0 Å². The summed E-state index contributed by atoms with van der Waals surface area (Å²) in [6.07, 6.45) is 1.12. The van der Waals surface area contributed by atoms with E-state index >= 15 is 0 Å². The molecule has 1 atom stereocenters. The molecule has 0 saturated heterocycles. The molecular weight excluding hydrogens is 466 g/mol. The molecule has 0 spiro atoms. The fourth-order valence-electron chi connectivity index (χ4n) is 4.54. The summed E-state index contributed by atoms with van der Waals surface area (Å²) >= 11 is 7.38. The van der Waals surface area contributed by atoms with Gasteiger partial charge in [0.05, 0.1) is 28.3 Å². The number of allylic oxidation sites excluding steroid dienone is 3. The lowest BCUT2D eigenvalue weighted by molar-refractivity contribution is -0.118. The van der Waals surface area contributed by atoms with Gasteiger partial charge >= 0.3 is 0 Å². The number of rotatable bonds is 5. The first-order valence-electron chi connectivity index (χ1n) is 11.1. The standard InChI is InChI=1S/C27H26ClN3O2S/c1-16-5-4-6-19(11-16)30-23(33)15-34-26-20(14-29)24(17-7-9-18(28)10-8-17)25-21(31-26)12-27(2,3)13-22(25)32/h4-11,24,31H,12-13,15H2,1-3H3,(H,30,33). The Morgan fingerprint density at radius 3 is 2.65 bits per heavy atom. The third-order valence-corrected chi connectivity index (χ3v) is 7.25. The van der Waals surface area contributed by atoms with E-state index in [4.69, 9.17) is 11.6 Å². The van der Waals surface area contributed by atoms with E-state index in [9.17, 15) is 14.9 Å². The first kappa shape index (κ1) is 24.1. The molecule has 2 aliphatic rings. The van der Waals surface area contributed by atoms with Crippen LogP contribution in [-0.2, 0) is 9.59 Å². The topological polar surface area (TPSA) is 82.0 Å². The van der Waals surface area contributed by atoms with E-state index in [1.807, 2.05) is 43.3 Å². The molecule has 0 aromatic heterocycles. The highest BCUT2D eigenvalue weighted by Crippen LogP contribution is 2.47. The number of carbonyl (C=O) groups excluding carboxylic acids is 2. The second-order valence-corrected chi connectivity index (χ2v) is 10.9. The van der Waals surface area contributed by atoms with E-state index in [1.165, 1.54) is 11.8 Å². The van der Waals surface area contributed by atoms with Gasteiger partial charge in [-0.2, -0.15) is 5.26 Å². The minimum atomic E-state index is -0.482. The smallest absolute Gasteiger partial charge is 0.234 e. The van der Waals surface area contributed by atoms with E-state index in [0.29, 0.717) is 34.0 Å². The fourth-order valence-corrected chi connectivity index (χ4v) is 5.52. The molecule has 1 unspecified atom stereocenters. The Morgan fingerprint density at radius 2 is 1.97 bits per heavy atom. The molecule has 0 radical (unpaired) electrons. The van der Waals surface area contributed by atoms with Crippen molar-refractivity contribution in [2.24, 2.45) is 5.41 Å². The highest BCUT2D eigenvalue weighted by Gasteiger charge is 2.41. The second kappa shape index (κ2) is 9.69. The summed E-state index contributed by atoms with van der Waals surface area (Å²) in [5.74, 6) is -0.462. The van der Waals surface area contributed by atoms with E-state index in [-0.39, 0.29) is 22.9 Å². The lowest BCUT2D eigenvalue weighted by atomic mass is 9.69.